The van der Waals surface area contributed by atoms with Crippen LogP contribution in [-0.2, 0) is 0 Å². The van der Waals surface area contributed by atoms with E-state index in [1.54, 1.807) is 6.07 Å². The lowest BCUT2D eigenvalue weighted by Gasteiger charge is -2.33. The molecule has 4 rings (SSSR count). The molecule has 2 aromatic rings. The Labute approximate surface area is 144 Å². The monoisotopic (exact) mass is 350 g/mol. The Morgan fingerprint density at radius 3 is 3.00 bits per heavy atom. The highest BCUT2D eigenvalue weighted by molar-refractivity contribution is 6.31. The molecule has 2 heterocycles. The number of anilines is 1. The van der Waals surface area contributed by atoms with Gasteiger partial charge in [0.1, 0.15) is 12.4 Å². The summed E-state index contributed by atoms with van der Waals surface area (Å²) in [5.74, 6) is 1.59. The highest BCUT2D eigenvalue weighted by Gasteiger charge is 2.31. The van der Waals surface area contributed by atoms with Crippen molar-refractivity contribution in [3.05, 3.63) is 27.7 Å². The summed E-state index contributed by atoms with van der Waals surface area (Å²) in [6.45, 7) is 4.67. The normalized spacial score (nSPS) is 16.7. The first-order chi connectivity index (χ1) is 11.7. The van der Waals surface area contributed by atoms with E-state index in [-0.39, 0.29) is 0 Å². The molecule has 0 spiro atoms. The number of nitrogens with one attached hydrogen (secondary N) is 1. The molecule has 1 N–H and O–H groups in total. The molecule has 1 aromatic carbocycles. The fourth-order valence-electron chi connectivity index (χ4n) is 3.09. The van der Waals surface area contributed by atoms with Crippen LogP contribution < -0.4 is 20.1 Å². The van der Waals surface area contributed by atoms with Gasteiger partial charge < -0.3 is 18.8 Å². The van der Waals surface area contributed by atoms with Crippen LogP contribution in [0.3, 0.4) is 0 Å². The Bertz CT molecular complexity index is 809. The molecule has 6 nitrogen and oxygen atoms in total. The number of nitrogens with zero attached hydrogens (tertiary/aromatic N) is 1. The minimum atomic E-state index is -0.548. The van der Waals surface area contributed by atoms with E-state index in [1.807, 2.05) is 13.0 Å². The lowest BCUT2D eigenvalue weighted by Crippen LogP contribution is -2.34. The number of H-pyrrole nitrogens is 1. The zero-order chi connectivity index (χ0) is 16.7. The number of fused-ring (bicyclic) bond motifs is 1. The van der Waals surface area contributed by atoms with Crippen molar-refractivity contribution in [1.82, 2.24) is 4.98 Å². The number of ether oxygens (including phenoxy) is 2. The van der Waals surface area contributed by atoms with Gasteiger partial charge in [-0.2, -0.15) is 0 Å². The Balaban J connectivity index is 1.85. The molecule has 24 heavy (non-hydrogen) atoms. The van der Waals surface area contributed by atoms with E-state index in [0.717, 1.165) is 36.0 Å². The van der Waals surface area contributed by atoms with E-state index in [4.69, 9.17) is 25.5 Å². The van der Waals surface area contributed by atoms with Gasteiger partial charge in [-0.1, -0.05) is 11.6 Å². The number of rotatable bonds is 5. The maximum absolute atomic E-state index is 11.7. The SMILES string of the molecule is CCOc1[nH]c(=O)oc1-c1cc(Cl)cc2c1N(CC1CC1)CCO2. The topological polar surface area (TPSA) is 67.7 Å². The van der Waals surface area contributed by atoms with Gasteiger partial charge in [0.25, 0.3) is 0 Å². The first kappa shape index (κ1) is 15.4. The zero-order valence-corrected chi connectivity index (χ0v) is 14.2. The van der Waals surface area contributed by atoms with Crippen molar-refractivity contribution in [2.75, 3.05) is 31.2 Å². The number of aromatic nitrogens is 1. The van der Waals surface area contributed by atoms with E-state index in [1.165, 1.54) is 12.8 Å². The van der Waals surface area contributed by atoms with Gasteiger partial charge in [0.05, 0.1) is 24.4 Å². The van der Waals surface area contributed by atoms with Crippen LogP contribution in [0.15, 0.2) is 21.3 Å². The summed E-state index contributed by atoms with van der Waals surface area (Å²) in [5, 5.41) is 0.531. The molecular formula is C17H19ClN2O4. The molecule has 2 aliphatic rings. The molecule has 1 saturated carbocycles. The maximum atomic E-state index is 11.7. The van der Waals surface area contributed by atoms with Crippen molar-refractivity contribution in [2.24, 2.45) is 5.92 Å². The minimum absolute atomic E-state index is 0.323. The number of hydrogen-bond acceptors (Lipinski definition) is 5. The highest BCUT2D eigenvalue weighted by Crippen LogP contribution is 2.46. The molecule has 0 unspecified atom stereocenters. The lowest BCUT2D eigenvalue weighted by atomic mass is 10.1. The summed E-state index contributed by atoms with van der Waals surface area (Å²) >= 11 is 6.26. The fourth-order valence-corrected chi connectivity index (χ4v) is 3.30. The average molecular weight is 351 g/mol. The summed E-state index contributed by atoms with van der Waals surface area (Å²) in [5.41, 5.74) is 1.64. The van der Waals surface area contributed by atoms with Gasteiger partial charge in [0.15, 0.2) is 0 Å². The van der Waals surface area contributed by atoms with Crippen molar-refractivity contribution in [2.45, 2.75) is 19.8 Å². The van der Waals surface area contributed by atoms with Crippen molar-refractivity contribution in [3.63, 3.8) is 0 Å². The molecule has 1 aliphatic carbocycles. The van der Waals surface area contributed by atoms with Crippen molar-refractivity contribution in [3.8, 4) is 23.0 Å². The number of oxazole rings is 1. The summed E-state index contributed by atoms with van der Waals surface area (Å²) in [6.07, 6.45) is 2.53. The van der Waals surface area contributed by atoms with E-state index in [9.17, 15) is 4.79 Å². The molecule has 0 radical (unpaired) electrons. The molecule has 0 amide bonds. The molecule has 0 bridgehead atoms. The molecular weight excluding hydrogens is 332 g/mol. The Kier molecular flexibility index (Phi) is 3.92. The van der Waals surface area contributed by atoms with Gasteiger partial charge in [-0.05, 0) is 31.7 Å². The number of benzene rings is 1. The van der Waals surface area contributed by atoms with Gasteiger partial charge in [0, 0.05) is 17.6 Å². The Morgan fingerprint density at radius 2 is 2.25 bits per heavy atom. The van der Waals surface area contributed by atoms with Gasteiger partial charge in [-0.15, -0.1) is 0 Å². The third-order valence-corrected chi connectivity index (χ3v) is 4.52. The van der Waals surface area contributed by atoms with Gasteiger partial charge in [-0.25, -0.2) is 4.79 Å². The summed E-state index contributed by atoms with van der Waals surface area (Å²) in [7, 11) is 0. The Morgan fingerprint density at radius 1 is 1.42 bits per heavy atom. The third kappa shape index (κ3) is 2.86. The quantitative estimate of drug-likeness (QED) is 0.896. The van der Waals surface area contributed by atoms with E-state index < -0.39 is 5.76 Å². The molecule has 1 fully saturated rings. The van der Waals surface area contributed by atoms with Crippen LogP contribution in [-0.4, -0.2) is 31.3 Å². The number of hydrogen-bond donors (Lipinski definition) is 1. The number of aromatic amines is 1. The fraction of sp³-hybridized carbons (Fsp3) is 0.471. The van der Waals surface area contributed by atoms with Gasteiger partial charge in [-0.3, -0.25) is 4.98 Å². The smallest absolute Gasteiger partial charge is 0.419 e. The molecule has 1 aromatic heterocycles. The van der Waals surface area contributed by atoms with Gasteiger partial charge in [0.2, 0.25) is 11.6 Å². The van der Waals surface area contributed by atoms with Crippen LogP contribution >= 0.6 is 11.6 Å². The largest absolute Gasteiger partial charge is 0.489 e. The van der Waals surface area contributed by atoms with Crippen molar-refractivity contribution < 1.29 is 13.9 Å². The highest BCUT2D eigenvalue weighted by atomic mass is 35.5. The number of halogens is 1. The summed E-state index contributed by atoms with van der Waals surface area (Å²) < 4.78 is 16.7. The minimum Gasteiger partial charge on any atom is -0.489 e. The molecule has 0 atom stereocenters. The standard InChI is InChI=1S/C17H19ClN2O4/c1-2-22-16-15(24-17(21)19-16)12-7-11(18)8-13-14(12)20(5-6-23-13)9-10-3-4-10/h7-8,10H,2-6,9H2,1H3,(H,19,21). The lowest BCUT2D eigenvalue weighted by molar-refractivity contribution is 0.306. The average Bonchev–Trinajstić information content (AvgIpc) is 3.28. The second-order valence-corrected chi connectivity index (χ2v) is 6.58. The van der Waals surface area contributed by atoms with E-state index >= 15 is 0 Å². The molecule has 0 saturated heterocycles. The van der Waals surface area contributed by atoms with E-state index in [2.05, 4.69) is 9.88 Å². The molecule has 128 valence electrons. The van der Waals surface area contributed by atoms with Crippen LogP contribution in [0.25, 0.3) is 11.3 Å². The second kappa shape index (κ2) is 6.09. The third-order valence-electron chi connectivity index (χ3n) is 4.30. The molecule has 7 heteroatoms. The predicted octanol–water partition coefficient (Wildman–Crippen LogP) is 3.30. The first-order valence-corrected chi connectivity index (χ1v) is 8.61. The van der Waals surface area contributed by atoms with Crippen LogP contribution in [0.1, 0.15) is 19.8 Å². The van der Waals surface area contributed by atoms with Crippen molar-refractivity contribution >= 4 is 17.3 Å². The maximum Gasteiger partial charge on any atom is 0.419 e. The second-order valence-electron chi connectivity index (χ2n) is 6.14. The van der Waals surface area contributed by atoms with Crippen LogP contribution in [0, 0.1) is 5.92 Å². The van der Waals surface area contributed by atoms with Crippen LogP contribution in [0.4, 0.5) is 5.69 Å². The zero-order valence-electron chi connectivity index (χ0n) is 13.4. The van der Waals surface area contributed by atoms with Crippen LogP contribution in [0.5, 0.6) is 11.6 Å². The van der Waals surface area contributed by atoms with Crippen LogP contribution in [0.2, 0.25) is 5.02 Å². The Hall–Kier alpha value is -2.08. The first-order valence-electron chi connectivity index (χ1n) is 8.23. The van der Waals surface area contributed by atoms with E-state index in [0.29, 0.717) is 29.9 Å². The summed E-state index contributed by atoms with van der Waals surface area (Å²) in [4.78, 5) is 16.6. The van der Waals surface area contributed by atoms with Crippen molar-refractivity contribution in [1.29, 1.82) is 0 Å². The summed E-state index contributed by atoms with van der Waals surface area (Å²) in [6, 6.07) is 3.61. The predicted molar refractivity (Wildman–Crippen MR) is 91.4 cm³/mol. The molecule has 1 aliphatic heterocycles. The van der Waals surface area contributed by atoms with Gasteiger partial charge >= 0.3 is 5.76 Å².